The summed E-state index contributed by atoms with van der Waals surface area (Å²) in [6.45, 7) is 0.983. The quantitative estimate of drug-likeness (QED) is 0.774. The number of carbonyl (C=O) groups is 1. The molecule has 3 nitrogen and oxygen atoms in total. The normalized spacial score (nSPS) is 9.86. The molecule has 1 amide bonds. The van der Waals surface area contributed by atoms with Gasteiger partial charge in [-0.05, 0) is 12.1 Å². The summed E-state index contributed by atoms with van der Waals surface area (Å²) in [6.07, 6.45) is 0. The average Bonchev–Trinajstić information content (AvgIpc) is 2.18. The van der Waals surface area contributed by atoms with Gasteiger partial charge < -0.3 is 10.1 Å². The fourth-order valence-corrected chi connectivity index (χ4v) is 1.23. The van der Waals surface area contributed by atoms with Crippen molar-refractivity contribution in [1.82, 2.24) is 5.32 Å². The van der Waals surface area contributed by atoms with Crippen molar-refractivity contribution in [3.8, 4) is 0 Å². The minimum Gasteiger partial charge on any atom is -0.383 e. The predicted octanol–water partition coefficient (Wildman–Crippen LogP) is 1.72. The van der Waals surface area contributed by atoms with Gasteiger partial charge in [0.05, 0.1) is 17.2 Å². The van der Waals surface area contributed by atoms with Gasteiger partial charge in [-0.15, -0.1) is 0 Å². The van der Waals surface area contributed by atoms with Crippen LogP contribution in [-0.4, -0.2) is 26.2 Å². The first-order valence-corrected chi connectivity index (χ1v) is 4.65. The number of amides is 1. The van der Waals surface area contributed by atoms with Crippen LogP contribution in [0.5, 0.6) is 0 Å². The van der Waals surface area contributed by atoms with E-state index in [1.165, 1.54) is 0 Å². The van der Waals surface area contributed by atoms with Gasteiger partial charge in [-0.25, -0.2) is 0 Å². The van der Waals surface area contributed by atoms with Gasteiger partial charge in [-0.2, -0.15) is 0 Å². The molecule has 0 aliphatic heterocycles. The zero-order chi connectivity index (χ0) is 10.4. The topological polar surface area (TPSA) is 38.3 Å². The van der Waals surface area contributed by atoms with Crippen molar-refractivity contribution in [2.75, 3.05) is 20.3 Å². The molecular formula is C10H12ClNO2. The van der Waals surface area contributed by atoms with Crippen LogP contribution in [0.25, 0.3) is 0 Å². The van der Waals surface area contributed by atoms with Crippen molar-refractivity contribution in [3.05, 3.63) is 34.9 Å². The molecule has 4 heteroatoms. The van der Waals surface area contributed by atoms with Crippen LogP contribution in [0.3, 0.4) is 0 Å². The van der Waals surface area contributed by atoms with Crippen molar-refractivity contribution < 1.29 is 9.53 Å². The van der Waals surface area contributed by atoms with Gasteiger partial charge in [0.1, 0.15) is 0 Å². The minimum absolute atomic E-state index is 0.173. The molecule has 1 rings (SSSR count). The number of ether oxygens (including phenoxy) is 1. The largest absolute Gasteiger partial charge is 0.383 e. The molecule has 0 bridgehead atoms. The molecule has 0 atom stereocenters. The fraction of sp³-hybridized carbons (Fsp3) is 0.300. The van der Waals surface area contributed by atoms with Crippen molar-refractivity contribution in [2.24, 2.45) is 0 Å². The Balaban J connectivity index is 2.56. The molecule has 0 saturated carbocycles. The number of hydrogen-bond donors (Lipinski definition) is 1. The Kier molecular flexibility index (Phi) is 4.43. The number of rotatable bonds is 4. The van der Waals surface area contributed by atoms with Crippen LogP contribution in [-0.2, 0) is 4.74 Å². The molecule has 0 aromatic heterocycles. The first-order chi connectivity index (χ1) is 6.75. The Labute approximate surface area is 88.0 Å². The maximum absolute atomic E-state index is 11.5. The summed E-state index contributed by atoms with van der Waals surface area (Å²) in [7, 11) is 1.58. The van der Waals surface area contributed by atoms with E-state index in [0.717, 1.165) is 0 Å². The number of carbonyl (C=O) groups excluding carboxylic acids is 1. The van der Waals surface area contributed by atoms with Gasteiger partial charge in [0.2, 0.25) is 0 Å². The highest BCUT2D eigenvalue weighted by molar-refractivity contribution is 6.33. The molecular weight excluding hydrogens is 202 g/mol. The van der Waals surface area contributed by atoms with Gasteiger partial charge in [-0.1, -0.05) is 23.7 Å². The standard InChI is InChI=1S/C10H12ClNO2/c1-14-7-6-12-10(13)8-4-2-3-5-9(8)11/h2-5H,6-7H2,1H3,(H,12,13). The van der Waals surface area contributed by atoms with Gasteiger partial charge in [-0.3, -0.25) is 4.79 Å². The number of methoxy groups -OCH3 is 1. The Morgan fingerprint density at radius 2 is 2.21 bits per heavy atom. The maximum atomic E-state index is 11.5. The van der Waals surface area contributed by atoms with Crippen LogP contribution < -0.4 is 5.32 Å². The zero-order valence-corrected chi connectivity index (χ0v) is 8.67. The lowest BCUT2D eigenvalue weighted by molar-refractivity contribution is 0.0937. The monoisotopic (exact) mass is 213 g/mol. The summed E-state index contributed by atoms with van der Waals surface area (Å²) < 4.78 is 4.81. The second-order valence-electron chi connectivity index (χ2n) is 2.73. The van der Waals surface area contributed by atoms with E-state index in [0.29, 0.717) is 23.7 Å². The van der Waals surface area contributed by atoms with Crippen LogP contribution in [0.1, 0.15) is 10.4 Å². The molecule has 0 fully saturated rings. The second-order valence-corrected chi connectivity index (χ2v) is 3.14. The summed E-state index contributed by atoms with van der Waals surface area (Å²) in [6, 6.07) is 6.93. The van der Waals surface area contributed by atoms with E-state index in [2.05, 4.69) is 5.32 Å². The van der Waals surface area contributed by atoms with E-state index >= 15 is 0 Å². The van der Waals surface area contributed by atoms with Crippen LogP contribution in [0.2, 0.25) is 5.02 Å². The van der Waals surface area contributed by atoms with Crippen LogP contribution in [0.4, 0.5) is 0 Å². The van der Waals surface area contributed by atoms with Gasteiger partial charge >= 0.3 is 0 Å². The Morgan fingerprint density at radius 3 is 2.86 bits per heavy atom. The lowest BCUT2D eigenvalue weighted by atomic mass is 10.2. The minimum atomic E-state index is -0.173. The van der Waals surface area contributed by atoms with Crippen LogP contribution >= 0.6 is 11.6 Å². The Morgan fingerprint density at radius 1 is 1.50 bits per heavy atom. The number of halogens is 1. The second kappa shape index (κ2) is 5.62. The lowest BCUT2D eigenvalue weighted by Gasteiger charge is -2.05. The Hall–Kier alpha value is -1.06. The summed E-state index contributed by atoms with van der Waals surface area (Å²) in [5.74, 6) is -0.173. The van der Waals surface area contributed by atoms with Crippen molar-refractivity contribution in [3.63, 3.8) is 0 Å². The molecule has 0 aliphatic rings. The summed E-state index contributed by atoms with van der Waals surface area (Å²) in [5, 5.41) is 3.15. The molecule has 0 saturated heterocycles. The van der Waals surface area contributed by atoms with E-state index in [1.54, 1.807) is 31.4 Å². The zero-order valence-electron chi connectivity index (χ0n) is 7.92. The Bertz CT molecular complexity index is 315. The molecule has 1 aromatic carbocycles. The third-order valence-electron chi connectivity index (χ3n) is 1.71. The van der Waals surface area contributed by atoms with Gasteiger partial charge in [0.25, 0.3) is 5.91 Å². The molecule has 1 N–H and O–H groups in total. The SMILES string of the molecule is COCCNC(=O)c1ccccc1Cl. The van der Waals surface area contributed by atoms with E-state index in [1.807, 2.05) is 0 Å². The van der Waals surface area contributed by atoms with Gasteiger partial charge in [0, 0.05) is 13.7 Å². The molecule has 0 aliphatic carbocycles. The smallest absolute Gasteiger partial charge is 0.252 e. The molecule has 0 unspecified atom stereocenters. The highest BCUT2D eigenvalue weighted by atomic mass is 35.5. The fourth-order valence-electron chi connectivity index (χ4n) is 1.01. The molecule has 14 heavy (non-hydrogen) atoms. The summed E-state index contributed by atoms with van der Waals surface area (Å²) in [4.78, 5) is 11.5. The number of hydrogen-bond acceptors (Lipinski definition) is 2. The molecule has 0 radical (unpaired) electrons. The third-order valence-corrected chi connectivity index (χ3v) is 2.04. The molecule has 0 spiro atoms. The highest BCUT2D eigenvalue weighted by Gasteiger charge is 2.07. The van der Waals surface area contributed by atoms with Crippen molar-refractivity contribution in [1.29, 1.82) is 0 Å². The van der Waals surface area contributed by atoms with Crippen LogP contribution in [0, 0.1) is 0 Å². The van der Waals surface area contributed by atoms with E-state index in [9.17, 15) is 4.79 Å². The number of nitrogens with one attached hydrogen (secondary N) is 1. The van der Waals surface area contributed by atoms with Gasteiger partial charge in [0.15, 0.2) is 0 Å². The summed E-state index contributed by atoms with van der Waals surface area (Å²) >= 11 is 5.84. The predicted molar refractivity (Wildman–Crippen MR) is 55.7 cm³/mol. The first-order valence-electron chi connectivity index (χ1n) is 4.27. The first kappa shape index (κ1) is 11.0. The lowest BCUT2D eigenvalue weighted by Crippen LogP contribution is -2.27. The number of benzene rings is 1. The van der Waals surface area contributed by atoms with E-state index in [-0.39, 0.29) is 5.91 Å². The van der Waals surface area contributed by atoms with E-state index < -0.39 is 0 Å². The van der Waals surface area contributed by atoms with Crippen molar-refractivity contribution >= 4 is 17.5 Å². The molecule has 1 aromatic rings. The highest BCUT2D eigenvalue weighted by Crippen LogP contribution is 2.14. The third kappa shape index (κ3) is 3.01. The van der Waals surface area contributed by atoms with Crippen LogP contribution in [0.15, 0.2) is 24.3 Å². The van der Waals surface area contributed by atoms with Crippen molar-refractivity contribution in [2.45, 2.75) is 0 Å². The molecule has 0 heterocycles. The van der Waals surface area contributed by atoms with E-state index in [4.69, 9.17) is 16.3 Å². The molecule has 76 valence electrons. The average molecular weight is 214 g/mol. The maximum Gasteiger partial charge on any atom is 0.252 e. The summed E-state index contributed by atoms with van der Waals surface area (Å²) in [5.41, 5.74) is 0.491.